The van der Waals surface area contributed by atoms with E-state index in [0.717, 1.165) is 37.9 Å². The van der Waals surface area contributed by atoms with Crippen molar-refractivity contribution in [1.29, 1.82) is 0 Å². The summed E-state index contributed by atoms with van der Waals surface area (Å²) in [7, 11) is 0. The zero-order chi connectivity index (χ0) is 20.4. The van der Waals surface area contributed by atoms with Gasteiger partial charge in [0.25, 0.3) is 0 Å². The van der Waals surface area contributed by atoms with E-state index in [2.05, 4.69) is 24.3 Å². The normalized spacial score (nSPS) is 27.9. The number of ether oxygens (including phenoxy) is 1. The molecule has 2 heterocycles. The molecule has 0 amide bonds. The van der Waals surface area contributed by atoms with Crippen LogP contribution in [0.1, 0.15) is 98.2 Å². The Morgan fingerprint density at radius 2 is 1.87 bits per heavy atom. The summed E-state index contributed by atoms with van der Waals surface area (Å²) in [4.78, 5) is 17.1. The van der Waals surface area contributed by atoms with E-state index in [-0.39, 0.29) is 11.0 Å². The van der Waals surface area contributed by atoms with Crippen LogP contribution < -0.4 is 0 Å². The van der Waals surface area contributed by atoms with Crippen LogP contribution >= 0.6 is 0 Å². The van der Waals surface area contributed by atoms with Gasteiger partial charge in [0.05, 0.1) is 5.60 Å². The molecule has 30 heavy (non-hydrogen) atoms. The lowest BCUT2D eigenvalue weighted by atomic mass is 9.66. The largest absolute Gasteiger partial charge is 0.375 e. The summed E-state index contributed by atoms with van der Waals surface area (Å²) in [5.74, 6) is 0.833. The van der Waals surface area contributed by atoms with Crippen molar-refractivity contribution in [3.63, 3.8) is 0 Å². The van der Waals surface area contributed by atoms with E-state index in [1.807, 2.05) is 24.4 Å². The lowest BCUT2D eigenvalue weighted by Gasteiger charge is -2.46. The predicted octanol–water partition coefficient (Wildman–Crippen LogP) is 6.37. The van der Waals surface area contributed by atoms with Crippen LogP contribution in [-0.4, -0.2) is 23.0 Å². The van der Waals surface area contributed by atoms with Gasteiger partial charge < -0.3 is 4.74 Å². The van der Waals surface area contributed by atoms with Gasteiger partial charge in [0.15, 0.2) is 5.78 Å². The van der Waals surface area contributed by atoms with Crippen molar-refractivity contribution >= 4 is 5.78 Å². The zero-order valence-corrected chi connectivity index (χ0v) is 17.9. The van der Waals surface area contributed by atoms with Gasteiger partial charge in [0, 0.05) is 35.9 Å². The average Bonchev–Trinajstić information content (AvgIpc) is 3.23. The predicted molar refractivity (Wildman–Crippen MR) is 119 cm³/mol. The molecule has 1 saturated carbocycles. The molecule has 1 spiro atoms. The highest BCUT2D eigenvalue weighted by atomic mass is 16.5. The van der Waals surface area contributed by atoms with E-state index in [9.17, 15) is 4.79 Å². The molecule has 5 rings (SSSR count). The maximum absolute atomic E-state index is 12.3. The summed E-state index contributed by atoms with van der Waals surface area (Å²) in [6.45, 7) is 0.858. The first-order valence-corrected chi connectivity index (χ1v) is 11.9. The van der Waals surface area contributed by atoms with Gasteiger partial charge in [-0.2, -0.15) is 0 Å². The lowest BCUT2D eigenvalue weighted by molar-refractivity contribution is -0.105. The van der Waals surface area contributed by atoms with E-state index in [1.54, 1.807) is 0 Å². The monoisotopic (exact) mass is 403 g/mol. The van der Waals surface area contributed by atoms with Crippen molar-refractivity contribution in [1.82, 2.24) is 4.98 Å². The third kappa shape index (κ3) is 3.73. The quantitative estimate of drug-likeness (QED) is 0.582. The van der Waals surface area contributed by atoms with Crippen molar-refractivity contribution < 1.29 is 9.53 Å². The van der Waals surface area contributed by atoms with Gasteiger partial charge >= 0.3 is 0 Å². The second-order valence-electron chi connectivity index (χ2n) is 9.80. The number of nitrogens with zero attached hydrogens (tertiary/aromatic N) is 1. The molecule has 3 heteroatoms. The Bertz CT molecular complexity index is 887. The van der Waals surface area contributed by atoms with Gasteiger partial charge in [-0.05, 0) is 68.6 Å². The number of benzene rings is 1. The van der Waals surface area contributed by atoms with Crippen LogP contribution in [-0.2, 0) is 10.2 Å². The van der Waals surface area contributed by atoms with Gasteiger partial charge in [-0.1, -0.05) is 49.6 Å². The maximum atomic E-state index is 12.3. The highest BCUT2D eigenvalue weighted by Gasteiger charge is 2.48. The third-order valence-corrected chi connectivity index (χ3v) is 8.00. The Balaban J connectivity index is 1.34. The van der Waals surface area contributed by atoms with Crippen LogP contribution in [0.15, 0.2) is 48.7 Å². The second kappa shape index (κ2) is 8.26. The fourth-order valence-corrected chi connectivity index (χ4v) is 6.49. The van der Waals surface area contributed by atoms with E-state index >= 15 is 0 Å². The molecule has 1 aromatic carbocycles. The van der Waals surface area contributed by atoms with Crippen molar-refractivity contribution in [3.05, 3.63) is 65.5 Å². The summed E-state index contributed by atoms with van der Waals surface area (Å²) in [5.41, 5.74) is 3.72. The van der Waals surface area contributed by atoms with Crippen LogP contribution in [0.3, 0.4) is 0 Å². The van der Waals surface area contributed by atoms with Crippen LogP contribution in [0.25, 0.3) is 0 Å². The van der Waals surface area contributed by atoms with Crippen molar-refractivity contribution in [2.24, 2.45) is 0 Å². The molecule has 2 aromatic rings. The van der Waals surface area contributed by atoms with Crippen LogP contribution in [0.2, 0.25) is 0 Å². The first kappa shape index (κ1) is 19.9. The van der Waals surface area contributed by atoms with E-state index in [4.69, 9.17) is 9.72 Å². The van der Waals surface area contributed by atoms with Gasteiger partial charge in [0.2, 0.25) is 0 Å². The Hall–Kier alpha value is -2.00. The topological polar surface area (TPSA) is 39.2 Å². The Kier molecular flexibility index (Phi) is 5.49. The maximum Gasteiger partial charge on any atom is 0.163 e. The zero-order valence-electron chi connectivity index (χ0n) is 17.9. The molecule has 1 aliphatic heterocycles. The van der Waals surface area contributed by atoms with Crippen LogP contribution in [0.4, 0.5) is 0 Å². The molecule has 3 nitrogen and oxygen atoms in total. The number of pyridine rings is 1. The Morgan fingerprint density at radius 3 is 2.70 bits per heavy atom. The lowest BCUT2D eigenvalue weighted by Crippen LogP contribution is -2.46. The number of ketones is 1. The minimum atomic E-state index is 0.0830. The van der Waals surface area contributed by atoms with Gasteiger partial charge in [-0.3, -0.25) is 9.78 Å². The summed E-state index contributed by atoms with van der Waals surface area (Å²) < 4.78 is 6.39. The first-order chi connectivity index (χ1) is 14.7. The number of Topliss-reactive ketones (excluding diaryl/α,β-unsaturated/α-hetero) is 1. The molecule has 0 unspecified atom stereocenters. The molecular weight excluding hydrogens is 370 g/mol. The smallest absolute Gasteiger partial charge is 0.163 e. The number of aromatic nitrogens is 1. The number of fused-ring (bicyclic) bond motifs is 1. The molecule has 1 saturated heterocycles. The van der Waals surface area contributed by atoms with Gasteiger partial charge in [-0.15, -0.1) is 0 Å². The number of carbonyl (C=O) groups is 1. The molecule has 2 atom stereocenters. The standard InChI is InChI=1S/C27H33NO2/c29-24-13-12-21(22-9-1-2-10-23(22)24)8-7-14-26(25-11-3-6-18-28-25)17-19-30-27(20-26)15-4-5-16-27/h1-3,6,9-11,18,21H,4-5,7-8,12-17,19-20H2/t21-,26+/m0/s1. The summed E-state index contributed by atoms with van der Waals surface area (Å²) in [6.07, 6.45) is 14.4. The molecule has 3 aliphatic rings. The highest BCUT2D eigenvalue weighted by Crippen LogP contribution is 2.50. The minimum absolute atomic E-state index is 0.0830. The molecular formula is C27H33NO2. The van der Waals surface area contributed by atoms with E-state index in [1.165, 1.54) is 49.8 Å². The SMILES string of the molecule is O=C1CC[C@H](CCC[C@@]2(c3ccccn3)CCOC3(CCCC3)C2)c2ccccc21. The van der Waals surface area contributed by atoms with E-state index in [0.29, 0.717) is 18.1 Å². The molecule has 2 aliphatic carbocycles. The number of hydrogen-bond acceptors (Lipinski definition) is 3. The van der Waals surface area contributed by atoms with Crippen molar-refractivity contribution in [3.8, 4) is 0 Å². The Labute approximate surface area is 180 Å². The van der Waals surface area contributed by atoms with Gasteiger partial charge in [-0.25, -0.2) is 0 Å². The van der Waals surface area contributed by atoms with Gasteiger partial charge in [0.1, 0.15) is 0 Å². The molecule has 0 radical (unpaired) electrons. The number of rotatable bonds is 5. The van der Waals surface area contributed by atoms with Crippen molar-refractivity contribution in [2.75, 3.05) is 6.61 Å². The van der Waals surface area contributed by atoms with Crippen LogP contribution in [0, 0.1) is 0 Å². The van der Waals surface area contributed by atoms with E-state index < -0.39 is 0 Å². The fraction of sp³-hybridized carbons (Fsp3) is 0.556. The highest BCUT2D eigenvalue weighted by molar-refractivity contribution is 5.98. The Morgan fingerprint density at radius 1 is 1.03 bits per heavy atom. The fourth-order valence-electron chi connectivity index (χ4n) is 6.49. The first-order valence-electron chi connectivity index (χ1n) is 11.9. The van der Waals surface area contributed by atoms with Crippen LogP contribution in [0.5, 0.6) is 0 Å². The molecule has 0 N–H and O–H groups in total. The minimum Gasteiger partial charge on any atom is -0.375 e. The van der Waals surface area contributed by atoms with Crippen molar-refractivity contribution in [2.45, 2.75) is 87.6 Å². The second-order valence-corrected chi connectivity index (χ2v) is 9.80. The molecule has 2 fully saturated rings. The molecule has 1 aromatic heterocycles. The third-order valence-electron chi connectivity index (χ3n) is 8.00. The number of carbonyl (C=O) groups excluding carboxylic acids is 1. The summed E-state index contributed by atoms with van der Waals surface area (Å²) in [5, 5.41) is 0. The summed E-state index contributed by atoms with van der Waals surface area (Å²) >= 11 is 0. The molecule has 0 bridgehead atoms. The summed E-state index contributed by atoms with van der Waals surface area (Å²) in [6, 6.07) is 14.7. The average molecular weight is 404 g/mol. The molecule has 158 valence electrons. The number of hydrogen-bond donors (Lipinski definition) is 0.